The fourth-order valence-corrected chi connectivity index (χ4v) is 8.40. The van der Waals surface area contributed by atoms with Gasteiger partial charge in [-0.3, -0.25) is 19.2 Å². The Morgan fingerprint density at radius 2 is 1.79 bits per heavy atom. The van der Waals surface area contributed by atoms with E-state index in [1.54, 1.807) is 24.3 Å². The number of hydrogen-bond donors (Lipinski definition) is 4. The maximum Gasteiger partial charge on any atom is 0.335 e. The van der Waals surface area contributed by atoms with Crippen molar-refractivity contribution in [3.05, 3.63) is 59.2 Å². The van der Waals surface area contributed by atoms with E-state index in [4.69, 9.17) is 9.84 Å². The normalized spacial score (nSPS) is 34.3. The number of Topliss-reactive ketones (excluding diaryl/α,β-unsaturated/α-hetero) is 1. The Kier molecular flexibility index (Phi) is 8.22. The summed E-state index contributed by atoms with van der Waals surface area (Å²) in [7, 11) is 0. The molecule has 5 rings (SSSR count). The lowest BCUT2D eigenvalue weighted by atomic mass is 9.46. The van der Waals surface area contributed by atoms with Crippen LogP contribution in [0.4, 0.5) is 0 Å². The van der Waals surface area contributed by atoms with Crippen molar-refractivity contribution in [3.8, 4) is 0 Å². The molecule has 0 bridgehead atoms. The molecule has 230 valence electrons. The van der Waals surface area contributed by atoms with Gasteiger partial charge < -0.3 is 25.4 Å². The van der Waals surface area contributed by atoms with Crippen LogP contribution in [-0.2, 0) is 30.5 Å². The Morgan fingerprint density at radius 3 is 2.49 bits per heavy atom. The van der Waals surface area contributed by atoms with Crippen LogP contribution in [0.2, 0.25) is 0 Å². The molecule has 1 aromatic rings. The van der Waals surface area contributed by atoms with Crippen LogP contribution in [-0.4, -0.2) is 63.0 Å². The molecule has 0 spiro atoms. The van der Waals surface area contributed by atoms with Crippen molar-refractivity contribution in [1.29, 1.82) is 0 Å². The number of esters is 1. The number of aliphatic hydroxyl groups excluding tert-OH is 1. The number of nitrogens with one attached hydrogen (secondary N) is 1. The van der Waals surface area contributed by atoms with Gasteiger partial charge >= 0.3 is 11.9 Å². The molecule has 0 saturated heterocycles. The molecule has 1 amide bonds. The van der Waals surface area contributed by atoms with Gasteiger partial charge in [0.2, 0.25) is 11.7 Å². The lowest BCUT2D eigenvalue weighted by molar-refractivity contribution is -0.181. The summed E-state index contributed by atoms with van der Waals surface area (Å²) < 4.78 is 5.19. The summed E-state index contributed by atoms with van der Waals surface area (Å²) in [6, 6.07) is 6.05. The summed E-state index contributed by atoms with van der Waals surface area (Å²) in [6.07, 6.45) is 6.51. The predicted molar refractivity (Wildman–Crippen MR) is 153 cm³/mol. The zero-order valence-electron chi connectivity index (χ0n) is 24.5. The number of benzene rings is 1. The number of allylic oxidation sites excluding steroid dienone is 4. The quantitative estimate of drug-likeness (QED) is 0.315. The van der Waals surface area contributed by atoms with Gasteiger partial charge in [0.15, 0.2) is 12.4 Å². The Labute approximate surface area is 250 Å². The third-order valence-electron chi connectivity index (χ3n) is 10.7. The fourth-order valence-electron chi connectivity index (χ4n) is 8.40. The Hall–Kier alpha value is -3.63. The molecule has 0 unspecified atom stereocenters. The number of hydrogen-bond acceptors (Lipinski definition) is 8. The lowest BCUT2D eigenvalue weighted by Gasteiger charge is -2.59. The van der Waals surface area contributed by atoms with E-state index >= 15 is 0 Å². The van der Waals surface area contributed by atoms with E-state index in [-0.39, 0.29) is 61.3 Å². The average Bonchev–Trinajstić information content (AvgIpc) is 3.24. The van der Waals surface area contributed by atoms with Crippen molar-refractivity contribution in [1.82, 2.24) is 5.32 Å². The second-order valence-electron chi connectivity index (χ2n) is 13.0. The Morgan fingerprint density at radius 1 is 1.07 bits per heavy atom. The lowest BCUT2D eigenvalue weighted by Crippen LogP contribution is -2.61. The Bertz CT molecular complexity index is 1400. The summed E-state index contributed by atoms with van der Waals surface area (Å²) in [6.45, 7) is 3.47. The number of carboxylic acids is 1. The van der Waals surface area contributed by atoms with Crippen LogP contribution in [0.3, 0.4) is 0 Å². The molecule has 10 nitrogen and oxygen atoms in total. The number of ether oxygens (including phenoxy) is 1. The fraction of sp³-hybridized carbons (Fsp3) is 0.545. The second kappa shape index (κ2) is 11.5. The summed E-state index contributed by atoms with van der Waals surface area (Å²) in [5.41, 5.74) is -1.24. The topological polar surface area (TPSA) is 167 Å². The van der Waals surface area contributed by atoms with E-state index in [1.807, 2.05) is 13.0 Å². The van der Waals surface area contributed by atoms with Crippen molar-refractivity contribution in [2.45, 2.75) is 77.0 Å². The zero-order chi connectivity index (χ0) is 31.2. The van der Waals surface area contributed by atoms with Gasteiger partial charge in [-0.15, -0.1) is 0 Å². The SMILES string of the molecule is C[C@]12C=CC(=O)C=C1CC[C@H]1[C@H]2[C@@H](O)C[C@@]2(C)[C@@H]1CC[C@@]2(O)C(=O)COC(=O)CCC(=O)NCc1ccc(C(=O)O)cc1. The summed E-state index contributed by atoms with van der Waals surface area (Å²) in [4.78, 5) is 60.9. The smallest absolute Gasteiger partial charge is 0.335 e. The molecule has 10 heteroatoms. The van der Waals surface area contributed by atoms with Crippen LogP contribution >= 0.6 is 0 Å². The monoisotopic (exact) mass is 593 g/mol. The molecule has 1 aromatic carbocycles. The number of ketones is 2. The first-order chi connectivity index (χ1) is 20.3. The molecule has 0 aliphatic heterocycles. The molecule has 43 heavy (non-hydrogen) atoms. The van der Waals surface area contributed by atoms with Gasteiger partial charge in [0, 0.05) is 29.7 Å². The molecule has 7 atom stereocenters. The molecule has 3 saturated carbocycles. The highest BCUT2D eigenvalue weighted by atomic mass is 16.5. The minimum absolute atomic E-state index is 0.0148. The number of carboxylic acid groups (broad SMARTS) is 1. The van der Waals surface area contributed by atoms with Gasteiger partial charge in [-0.2, -0.15) is 0 Å². The number of aromatic carboxylic acids is 1. The van der Waals surface area contributed by atoms with Gasteiger partial charge in [0.05, 0.1) is 18.1 Å². The van der Waals surface area contributed by atoms with Crippen LogP contribution in [0.15, 0.2) is 48.1 Å². The maximum atomic E-state index is 13.4. The third-order valence-corrected chi connectivity index (χ3v) is 10.7. The van der Waals surface area contributed by atoms with E-state index in [1.165, 1.54) is 12.1 Å². The van der Waals surface area contributed by atoms with Crippen LogP contribution in [0.5, 0.6) is 0 Å². The number of rotatable bonds is 9. The molecular formula is C33H39NO9. The molecular weight excluding hydrogens is 554 g/mol. The average molecular weight is 594 g/mol. The molecule has 4 aliphatic carbocycles. The summed E-state index contributed by atoms with van der Waals surface area (Å²) in [5.74, 6) is -2.90. The van der Waals surface area contributed by atoms with Crippen molar-refractivity contribution in [2.24, 2.45) is 28.6 Å². The van der Waals surface area contributed by atoms with E-state index in [0.717, 1.165) is 18.4 Å². The van der Waals surface area contributed by atoms with Gasteiger partial charge in [-0.25, -0.2) is 4.79 Å². The van der Waals surface area contributed by atoms with Gasteiger partial charge in [-0.05, 0) is 73.8 Å². The van der Waals surface area contributed by atoms with E-state index in [9.17, 15) is 34.2 Å². The molecule has 0 heterocycles. The Balaban J connectivity index is 1.14. The molecule has 3 fully saturated rings. The number of fused-ring (bicyclic) bond motifs is 5. The highest BCUT2D eigenvalue weighted by Crippen LogP contribution is 2.67. The first-order valence-electron chi connectivity index (χ1n) is 14.9. The number of carbonyl (C=O) groups excluding carboxylic acids is 4. The van der Waals surface area contributed by atoms with Crippen molar-refractivity contribution < 1.29 is 44.0 Å². The number of amides is 1. The number of aliphatic hydroxyl groups is 2. The van der Waals surface area contributed by atoms with Crippen molar-refractivity contribution in [2.75, 3.05) is 6.61 Å². The highest BCUT2D eigenvalue weighted by Gasteiger charge is 2.68. The molecule has 0 radical (unpaired) electrons. The maximum absolute atomic E-state index is 13.4. The second-order valence-corrected chi connectivity index (χ2v) is 13.0. The molecule has 4 N–H and O–H groups in total. The molecule has 0 aromatic heterocycles. The summed E-state index contributed by atoms with van der Waals surface area (Å²) in [5, 5.41) is 34.9. The standard InChI is InChI=1S/C33H39NO9/c1-31-13-11-22(35)15-21(31)7-8-23-24-12-14-33(42,32(24,2)16-25(36)29(23)31)26(37)18-43-28(39)10-9-27(38)34-17-19-3-5-20(6-4-19)30(40)41/h3-6,11,13,15,23-25,29,36,42H,7-10,12,14,16-18H2,1-2H3,(H,34,38)(H,40,41)/t23-,24-,25+,29+,31+,32+,33-/m1/s1. The van der Waals surface area contributed by atoms with Crippen molar-refractivity contribution >= 4 is 29.4 Å². The van der Waals surface area contributed by atoms with E-state index in [2.05, 4.69) is 12.2 Å². The van der Waals surface area contributed by atoms with Crippen LogP contribution in [0, 0.1) is 28.6 Å². The predicted octanol–water partition coefficient (Wildman–Crippen LogP) is 2.90. The van der Waals surface area contributed by atoms with Crippen LogP contribution in [0.25, 0.3) is 0 Å². The van der Waals surface area contributed by atoms with Crippen LogP contribution < -0.4 is 5.32 Å². The van der Waals surface area contributed by atoms with Crippen LogP contribution in [0.1, 0.15) is 74.7 Å². The van der Waals surface area contributed by atoms with Crippen molar-refractivity contribution in [3.63, 3.8) is 0 Å². The van der Waals surface area contributed by atoms with Gasteiger partial charge in [0.1, 0.15) is 5.60 Å². The minimum Gasteiger partial charge on any atom is -0.478 e. The third kappa shape index (κ3) is 5.47. The first kappa shape index (κ1) is 30.8. The number of carbonyl (C=O) groups is 5. The van der Waals surface area contributed by atoms with Gasteiger partial charge in [0.25, 0.3) is 0 Å². The largest absolute Gasteiger partial charge is 0.478 e. The highest BCUT2D eigenvalue weighted by molar-refractivity contribution is 6.01. The first-order valence-corrected chi connectivity index (χ1v) is 14.9. The summed E-state index contributed by atoms with van der Waals surface area (Å²) >= 11 is 0. The minimum atomic E-state index is -1.76. The zero-order valence-corrected chi connectivity index (χ0v) is 24.5. The van der Waals surface area contributed by atoms with Gasteiger partial charge in [-0.1, -0.05) is 37.6 Å². The molecule has 4 aliphatic rings. The van der Waals surface area contributed by atoms with E-state index in [0.29, 0.717) is 12.0 Å². The van der Waals surface area contributed by atoms with E-state index < -0.39 is 52.8 Å².